The summed E-state index contributed by atoms with van der Waals surface area (Å²) >= 11 is 0. The van der Waals surface area contributed by atoms with E-state index in [-0.39, 0.29) is 11.6 Å². The number of amides is 1. The van der Waals surface area contributed by atoms with Gasteiger partial charge in [0.05, 0.1) is 11.0 Å². The highest BCUT2D eigenvalue weighted by molar-refractivity contribution is 5.95. The van der Waals surface area contributed by atoms with Gasteiger partial charge in [0.1, 0.15) is 0 Å². The Morgan fingerprint density at radius 3 is 2.45 bits per heavy atom. The van der Waals surface area contributed by atoms with Crippen molar-refractivity contribution < 1.29 is 9.72 Å². The molecule has 0 radical (unpaired) electrons. The minimum atomic E-state index is -0.579. The predicted octanol–water partition coefficient (Wildman–Crippen LogP) is 2.52. The number of nitrogens with zero attached hydrogens (tertiary/aromatic N) is 1. The zero-order valence-electron chi connectivity index (χ0n) is 12.3. The van der Waals surface area contributed by atoms with E-state index in [9.17, 15) is 14.9 Å². The second-order valence-electron chi connectivity index (χ2n) is 5.44. The third-order valence-corrected chi connectivity index (χ3v) is 3.06. The number of hydrogen-bond donors (Lipinski definition) is 2. The molecule has 1 aromatic rings. The number of anilines is 1. The van der Waals surface area contributed by atoms with Crippen molar-refractivity contribution in [3.05, 3.63) is 33.4 Å². The lowest BCUT2D eigenvalue weighted by Crippen LogP contribution is -2.36. The van der Waals surface area contributed by atoms with Crippen LogP contribution in [-0.4, -0.2) is 16.9 Å². The zero-order valence-corrected chi connectivity index (χ0v) is 12.3. The third kappa shape index (κ3) is 4.03. The Bertz CT molecular complexity index is 527. The molecule has 1 aromatic carbocycles. The predicted molar refractivity (Wildman–Crippen MR) is 78.6 cm³/mol. The molecule has 6 heteroatoms. The number of nitro benzene ring substituents is 1. The van der Waals surface area contributed by atoms with Crippen molar-refractivity contribution in [2.75, 3.05) is 5.32 Å². The lowest BCUT2D eigenvalue weighted by molar-refractivity contribution is -0.385. The topological polar surface area (TPSA) is 98.3 Å². The number of benzene rings is 1. The van der Waals surface area contributed by atoms with Gasteiger partial charge in [0, 0.05) is 17.3 Å². The molecule has 3 N–H and O–H groups in total. The standard InChI is InChI=1S/C14H21N3O3/c1-8(2)5-11(15)14(18)16-12-6-10(4)13(17(19)20)7-9(12)3/h6-8,11H,5,15H2,1-4H3,(H,16,18)/t11-/m0/s1. The Morgan fingerprint density at radius 2 is 1.95 bits per heavy atom. The van der Waals surface area contributed by atoms with Crippen molar-refractivity contribution in [1.29, 1.82) is 0 Å². The van der Waals surface area contributed by atoms with Crippen LogP contribution in [0.5, 0.6) is 0 Å². The summed E-state index contributed by atoms with van der Waals surface area (Å²) in [5, 5.41) is 13.6. The van der Waals surface area contributed by atoms with Gasteiger partial charge in [-0.1, -0.05) is 13.8 Å². The minimum Gasteiger partial charge on any atom is -0.324 e. The van der Waals surface area contributed by atoms with E-state index in [0.717, 1.165) is 0 Å². The Morgan fingerprint density at radius 1 is 1.35 bits per heavy atom. The summed E-state index contributed by atoms with van der Waals surface area (Å²) < 4.78 is 0. The summed E-state index contributed by atoms with van der Waals surface area (Å²) in [6, 6.07) is 2.48. The van der Waals surface area contributed by atoms with Gasteiger partial charge in [-0.2, -0.15) is 0 Å². The van der Waals surface area contributed by atoms with Gasteiger partial charge < -0.3 is 11.1 Å². The molecular formula is C14H21N3O3. The van der Waals surface area contributed by atoms with Crippen molar-refractivity contribution in [3.8, 4) is 0 Å². The highest BCUT2D eigenvalue weighted by Crippen LogP contribution is 2.26. The Kier molecular flexibility index (Phi) is 5.21. The van der Waals surface area contributed by atoms with Crippen LogP contribution in [0.1, 0.15) is 31.4 Å². The van der Waals surface area contributed by atoms with Crippen LogP contribution in [0.25, 0.3) is 0 Å². The molecule has 0 fully saturated rings. The van der Waals surface area contributed by atoms with Crippen molar-refractivity contribution >= 4 is 17.3 Å². The first-order valence-electron chi connectivity index (χ1n) is 6.54. The molecule has 0 aliphatic heterocycles. The van der Waals surface area contributed by atoms with Gasteiger partial charge in [-0.3, -0.25) is 14.9 Å². The van der Waals surface area contributed by atoms with E-state index in [1.807, 2.05) is 13.8 Å². The fraction of sp³-hybridized carbons (Fsp3) is 0.500. The van der Waals surface area contributed by atoms with Crippen LogP contribution in [-0.2, 0) is 4.79 Å². The van der Waals surface area contributed by atoms with Gasteiger partial charge in [0.15, 0.2) is 0 Å². The number of nitrogens with two attached hydrogens (primary N) is 1. The van der Waals surface area contributed by atoms with Gasteiger partial charge in [-0.25, -0.2) is 0 Å². The van der Waals surface area contributed by atoms with Crippen LogP contribution in [0.4, 0.5) is 11.4 Å². The Labute approximate surface area is 118 Å². The van der Waals surface area contributed by atoms with Crippen LogP contribution >= 0.6 is 0 Å². The maximum Gasteiger partial charge on any atom is 0.272 e. The zero-order chi connectivity index (χ0) is 15.4. The highest BCUT2D eigenvalue weighted by Gasteiger charge is 2.18. The normalized spacial score (nSPS) is 12.3. The van der Waals surface area contributed by atoms with E-state index in [0.29, 0.717) is 29.2 Å². The Hall–Kier alpha value is -1.95. The number of hydrogen-bond acceptors (Lipinski definition) is 4. The lowest BCUT2D eigenvalue weighted by Gasteiger charge is -2.15. The molecule has 1 amide bonds. The SMILES string of the molecule is Cc1cc([N+](=O)[O-])c(C)cc1NC(=O)[C@@H](N)CC(C)C. The van der Waals surface area contributed by atoms with E-state index in [1.54, 1.807) is 19.9 Å². The smallest absolute Gasteiger partial charge is 0.272 e. The average molecular weight is 279 g/mol. The second kappa shape index (κ2) is 6.47. The van der Waals surface area contributed by atoms with E-state index in [2.05, 4.69) is 5.32 Å². The summed E-state index contributed by atoms with van der Waals surface area (Å²) in [7, 11) is 0. The number of rotatable bonds is 5. The molecule has 0 spiro atoms. The van der Waals surface area contributed by atoms with E-state index >= 15 is 0 Å². The molecule has 110 valence electrons. The van der Waals surface area contributed by atoms with Crippen molar-refractivity contribution in [2.45, 2.75) is 40.2 Å². The number of nitrogens with one attached hydrogen (secondary N) is 1. The van der Waals surface area contributed by atoms with E-state index in [1.165, 1.54) is 6.07 Å². The first kappa shape index (κ1) is 16.1. The summed E-state index contributed by atoms with van der Waals surface area (Å²) in [4.78, 5) is 22.4. The molecule has 0 aromatic heterocycles. The van der Waals surface area contributed by atoms with Crippen molar-refractivity contribution in [3.63, 3.8) is 0 Å². The highest BCUT2D eigenvalue weighted by atomic mass is 16.6. The summed E-state index contributed by atoms with van der Waals surface area (Å²) in [5.74, 6) is 0.0606. The van der Waals surface area contributed by atoms with Crippen LogP contribution < -0.4 is 11.1 Å². The average Bonchev–Trinajstić information content (AvgIpc) is 2.31. The number of carbonyl (C=O) groups is 1. The Balaban J connectivity index is 2.91. The molecule has 1 rings (SSSR count). The molecular weight excluding hydrogens is 258 g/mol. The molecule has 6 nitrogen and oxygen atoms in total. The molecule has 1 atom stereocenters. The van der Waals surface area contributed by atoms with Crippen LogP contribution in [0.15, 0.2) is 12.1 Å². The van der Waals surface area contributed by atoms with Crippen LogP contribution in [0, 0.1) is 29.9 Å². The fourth-order valence-electron chi connectivity index (χ4n) is 1.97. The monoisotopic (exact) mass is 279 g/mol. The number of aryl methyl sites for hydroxylation is 2. The first-order valence-corrected chi connectivity index (χ1v) is 6.54. The van der Waals surface area contributed by atoms with Gasteiger partial charge in [0.2, 0.25) is 5.91 Å². The van der Waals surface area contributed by atoms with Gasteiger partial charge in [0.25, 0.3) is 5.69 Å². The number of nitro groups is 1. The van der Waals surface area contributed by atoms with E-state index < -0.39 is 11.0 Å². The molecule has 0 saturated heterocycles. The molecule has 0 saturated carbocycles. The summed E-state index contributed by atoms with van der Waals surface area (Å²) in [6.45, 7) is 7.35. The van der Waals surface area contributed by atoms with Crippen LogP contribution in [0.3, 0.4) is 0 Å². The third-order valence-electron chi connectivity index (χ3n) is 3.06. The van der Waals surface area contributed by atoms with Crippen molar-refractivity contribution in [2.24, 2.45) is 11.7 Å². The van der Waals surface area contributed by atoms with E-state index in [4.69, 9.17) is 5.73 Å². The molecule has 0 bridgehead atoms. The fourth-order valence-corrected chi connectivity index (χ4v) is 1.97. The first-order chi connectivity index (χ1) is 9.22. The molecule has 0 heterocycles. The molecule has 0 unspecified atom stereocenters. The summed E-state index contributed by atoms with van der Waals surface area (Å²) in [5.41, 5.74) is 7.58. The van der Waals surface area contributed by atoms with Crippen LogP contribution in [0.2, 0.25) is 0 Å². The van der Waals surface area contributed by atoms with Gasteiger partial charge in [-0.05, 0) is 37.8 Å². The summed E-state index contributed by atoms with van der Waals surface area (Å²) in [6.07, 6.45) is 0.594. The second-order valence-corrected chi connectivity index (χ2v) is 5.44. The lowest BCUT2D eigenvalue weighted by atomic mass is 10.0. The quantitative estimate of drug-likeness (QED) is 0.639. The molecule has 20 heavy (non-hydrogen) atoms. The molecule has 0 aliphatic carbocycles. The largest absolute Gasteiger partial charge is 0.324 e. The number of carbonyl (C=O) groups excluding carboxylic acids is 1. The maximum atomic E-state index is 12.0. The van der Waals surface area contributed by atoms with Crippen molar-refractivity contribution in [1.82, 2.24) is 0 Å². The van der Waals surface area contributed by atoms with Gasteiger partial charge in [-0.15, -0.1) is 0 Å². The van der Waals surface area contributed by atoms with Gasteiger partial charge >= 0.3 is 0 Å². The minimum absolute atomic E-state index is 0.0481. The maximum absolute atomic E-state index is 12.0. The molecule has 0 aliphatic rings.